The molecule has 0 bridgehead atoms. The highest BCUT2D eigenvalue weighted by Gasteiger charge is 2.38. The number of anilines is 4. The zero-order valence-electron chi connectivity index (χ0n) is 38.2. The fourth-order valence-corrected chi connectivity index (χ4v) is 11.4. The Balaban J connectivity index is 0.964. The first kappa shape index (κ1) is 49.6. The normalized spacial score (nSPS) is 22.6. The smallest absolute Gasteiger partial charge is 0.364 e. The summed E-state index contributed by atoms with van der Waals surface area (Å²) in [5, 5.41) is 25.0. The highest BCUT2D eigenvalue weighted by molar-refractivity contribution is 7.92. The number of likely N-dealkylation sites (tertiary alicyclic amines) is 2. The summed E-state index contributed by atoms with van der Waals surface area (Å²) in [6, 6.07) is 10.2. The zero-order chi connectivity index (χ0) is 48.6. The molecule has 2 atom stereocenters. The quantitative estimate of drug-likeness (QED) is 0.0886. The van der Waals surface area contributed by atoms with E-state index in [0.29, 0.717) is 35.7 Å². The summed E-state index contributed by atoms with van der Waals surface area (Å²) in [5.74, 6) is 1.41. The Labute approximate surface area is 393 Å². The van der Waals surface area contributed by atoms with Gasteiger partial charge < -0.3 is 10.6 Å². The van der Waals surface area contributed by atoms with Crippen LogP contribution in [0.1, 0.15) is 92.9 Å². The summed E-state index contributed by atoms with van der Waals surface area (Å²) in [7, 11) is -7.86. The molecular weight excluding hydrogens is 935 g/mol. The van der Waals surface area contributed by atoms with E-state index in [9.17, 15) is 43.2 Å². The number of hydrogen-bond donors (Lipinski definition) is 4. The largest absolute Gasteiger partial charge is 0.416 e. The third-order valence-electron chi connectivity index (χ3n) is 13.6. The van der Waals surface area contributed by atoms with Gasteiger partial charge in [-0.1, -0.05) is 31.4 Å². The first-order chi connectivity index (χ1) is 32.0. The van der Waals surface area contributed by atoms with E-state index in [4.69, 9.17) is 0 Å². The van der Waals surface area contributed by atoms with Crippen molar-refractivity contribution < 1.29 is 43.2 Å². The van der Waals surface area contributed by atoms with E-state index in [2.05, 4.69) is 50.3 Å². The average Bonchev–Trinajstić information content (AvgIpc) is 3.25. The molecule has 0 spiro atoms. The molecule has 0 unspecified atom stereocenters. The summed E-state index contributed by atoms with van der Waals surface area (Å²) >= 11 is 0. The van der Waals surface area contributed by atoms with Gasteiger partial charge in [0.2, 0.25) is 20.0 Å². The van der Waals surface area contributed by atoms with Gasteiger partial charge in [-0.25, -0.2) is 16.8 Å². The molecule has 68 heavy (non-hydrogen) atoms. The van der Waals surface area contributed by atoms with E-state index in [1.54, 1.807) is 13.0 Å². The summed E-state index contributed by atoms with van der Waals surface area (Å²) in [6.07, 6.45) is 4.75. The predicted molar refractivity (Wildman–Crippen MR) is 250 cm³/mol. The number of nitrogens with zero attached hydrogens (tertiary/aromatic N) is 6. The van der Waals surface area contributed by atoms with Crippen LogP contribution < -0.4 is 20.1 Å². The SMILES string of the molecule is Cc1cc(-c2ccc(C(F)(F)F)cc2NS(C)(=O)=O)nnc1N[C@@H]1CCCN(C2CC(Cc3cc(-c4ccc(C(F)(F)F)cc4NS(C)(=O)=O)nnc3N[C@@H]3CCCN(C4CCCCC4)C3)C2)C1. The van der Waals surface area contributed by atoms with E-state index >= 15 is 0 Å². The van der Waals surface area contributed by atoms with Crippen LogP contribution in [0.3, 0.4) is 0 Å². The topological polar surface area (TPSA) is 174 Å². The lowest BCUT2D eigenvalue weighted by atomic mass is 9.75. The van der Waals surface area contributed by atoms with Crippen molar-refractivity contribution in [3.63, 3.8) is 0 Å². The molecule has 8 rings (SSSR count). The predicted octanol–water partition coefficient (Wildman–Crippen LogP) is 8.80. The molecule has 14 nitrogen and oxygen atoms in total. The van der Waals surface area contributed by atoms with E-state index < -0.39 is 43.5 Å². The highest BCUT2D eigenvalue weighted by Crippen LogP contribution is 2.41. The monoisotopic (exact) mass is 992 g/mol. The number of halogens is 6. The first-order valence-corrected chi connectivity index (χ1v) is 26.9. The molecule has 2 saturated heterocycles. The van der Waals surface area contributed by atoms with Crippen molar-refractivity contribution >= 4 is 43.1 Å². The maximum absolute atomic E-state index is 13.8. The molecule has 2 aromatic carbocycles. The number of hydrogen-bond acceptors (Lipinski definition) is 12. The molecule has 4 fully saturated rings. The molecule has 4 heterocycles. The summed E-state index contributed by atoms with van der Waals surface area (Å²) in [6.45, 7) is 5.37. The van der Waals surface area contributed by atoms with Crippen molar-refractivity contribution in [2.45, 2.75) is 120 Å². The Kier molecular flexibility index (Phi) is 14.5. The Morgan fingerprint density at radius 1 is 0.603 bits per heavy atom. The van der Waals surface area contributed by atoms with Crippen LogP contribution in [-0.4, -0.2) is 110 Å². The molecule has 4 N–H and O–H groups in total. The number of rotatable bonds is 14. The van der Waals surface area contributed by atoms with Crippen molar-refractivity contribution in [1.29, 1.82) is 0 Å². The van der Waals surface area contributed by atoms with Crippen molar-refractivity contribution in [1.82, 2.24) is 30.2 Å². The van der Waals surface area contributed by atoms with Crippen molar-refractivity contribution in [2.75, 3.05) is 58.8 Å². The Morgan fingerprint density at radius 3 is 1.59 bits per heavy atom. The fourth-order valence-electron chi connectivity index (χ4n) is 10.3. The third kappa shape index (κ3) is 12.5. The number of aryl methyl sites for hydroxylation is 1. The number of benzene rings is 2. The Hall–Kier alpha value is -4.80. The van der Waals surface area contributed by atoms with Gasteiger partial charge >= 0.3 is 12.4 Å². The van der Waals surface area contributed by atoms with Crippen LogP contribution in [0.15, 0.2) is 48.5 Å². The van der Waals surface area contributed by atoms with Crippen LogP contribution >= 0.6 is 0 Å². The Bertz CT molecular complexity index is 2680. The Morgan fingerprint density at radius 2 is 1.09 bits per heavy atom. The highest BCUT2D eigenvalue weighted by atomic mass is 32.2. The van der Waals surface area contributed by atoms with Gasteiger partial charge in [0.25, 0.3) is 0 Å². The minimum absolute atomic E-state index is 0.0279. The molecule has 2 aliphatic heterocycles. The standard InChI is InChI=1S/C46H58F6N10O4S2/c1-28-19-39(37-15-13-31(45(47,48)49)24-41(37)59-67(2,63)64)55-57-43(28)53-33-9-8-18-62(27-33)36-21-29(22-36)20-30-23-40(38-16-14-32(46(50,51)52)25-42(38)60-68(3,65)66)56-58-44(30)54-34-10-7-17-61(26-34)35-11-5-4-6-12-35/h13-16,19,23-25,29,33-36,59-60H,4-12,17-18,20-22,26-27H2,1-3H3,(H,53,57)(H,54,58)/t29?,33-,34-,36?/m1/s1. The lowest BCUT2D eigenvalue weighted by molar-refractivity contribution is -0.138. The lowest BCUT2D eigenvalue weighted by Gasteiger charge is -2.46. The average molecular weight is 993 g/mol. The van der Waals surface area contributed by atoms with Gasteiger partial charge in [0.15, 0.2) is 11.6 Å². The van der Waals surface area contributed by atoms with Crippen LogP contribution in [-0.2, 0) is 38.8 Å². The molecule has 2 saturated carbocycles. The number of piperidine rings is 2. The molecular formula is C46H58F6N10O4S2. The maximum Gasteiger partial charge on any atom is 0.416 e. The van der Waals surface area contributed by atoms with Crippen molar-refractivity contribution in [3.8, 4) is 22.5 Å². The number of alkyl halides is 6. The zero-order valence-corrected chi connectivity index (χ0v) is 39.9. The van der Waals surface area contributed by atoms with Crippen LogP contribution in [0.25, 0.3) is 22.5 Å². The minimum Gasteiger partial charge on any atom is -0.364 e. The van der Waals surface area contributed by atoms with E-state index in [1.807, 2.05) is 6.07 Å². The van der Waals surface area contributed by atoms with Gasteiger partial charge in [-0.3, -0.25) is 19.2 Å². The first-order valence-electron chi connectivity index (χ1n) is 23.2. The summed E-state index contributed by atoms with van der Waals surface area (Å²) in [5.41, 5.74) is -0.139. The second-order valence-corrected chi connectivity index (χ2v) is 22.6. The summed E-state index contributed by atoms with van der Waals surface area (Å²) < 4.78 is 135. The van der Waals surface area contributed by atoms with E-state index in [1.165, 1.54) is 44.2 Å². The van der Waals surface area contributed by atoms with Gasteiger partial charge in [0.05, 0.1) is 46.4 Å². The molecule has 22 heteroatoms. The molecule has 4 aromatic rings. The van der Waals surface area contributed by atoms with Crippen molar-refractivity contribution in [3.05, 3.63) is 70.8 Å². The van der Waals surface area contributed by atoms with E-state index in [-0.39, 0.29) is 51.9 Å². The van der Waals surface area contributed by atoms with Crippen LogP contribution in [0.5, 0.6) is 0 Å². The molecule has 4 aliphatic rings. The van der Waals surface area contributed by atoms with Gasteiger partial charge in [-0.05, 0) is 131 Å². The van der Waals surface area contributed by atoms with Crippen LogP contribution in [0, 0.1) is 12.8 Å². The lowest BCUT2D eigenvalue weighted by Crippen LogP contribution is -2.52. The molecule has 2 aromatic heterocycles. The van der Waals surface area contributed by atoms with Crippen molar-refractivity contribution in [2.24, 2.45) is 5.92 Å². The third-order valence-corrected chi connectivity index (χ3v) is 14.8. The van der Waals surface area contributed by atoms with Crippen LogP contribution in [0.4, 0.5) is 49.4 Å². The molecule has 0 amide bonds. The summed E-state index contributed by atoms with van der Waals surface area (Å²) in [4.78, 5) is 5.05. The van der Waals surface area contributed by atoms with Gasteiger partial charge in [-0.2, -0.15) is 26.3 Å². The molecule has 370 valence electrons. The van der Waals surface area contributed by atoms with Gasteiger partial charge in [0.1, 0.15) is 0 Å². The molecule has 0 radical (unpaired) electrons. The van der Waals surface area contributed by atoms with Gasteiger partial charge in [-0.15, -0.1) is 20.4 Å². The molecule has 2 aliphatic carbocycles. The number of aromatic nitrogens is 4. The fraction of sp³-hybridized carbons (Fsp3) is 0.565. The second-order valence-electron chi connectivity index (χ2n) is 19.1. The second kappa shape index (κ2) is 19.9. The number of nitrogens with one attached hydrogen (secondary N) is 4. The van der Waals surface area contributed by atoms with E-state index in [0.717, 1.165) is 107 Å². The van der Waals surface area contributed by atoms with Crippen LogP contribution in [0.2, 0.25) is 0 Å². The van der Waals surface area contributed by atoms with Gasteiger partial charge in [0, 0.05) is 48.4 Å². The maximum atomic E-state index is 13.8. The minimum atomic E-state index is -4.69. The number of sulfonamides is 2.